The molecular weight excluding hydrogens is 207 g/mol. The summed E-state index contributed by atoms with van der Waals surface area (Å²) in [6, 6.07) is 1.25. The normalized spacial score (nSPS) is 10.5. The van der Waals surface area contributed by atoms with Crippen molar-refractivity contribution in [2.24, 2.45) is 0 Å². The van der Waals surface area contributed by atoms with Crippen molar-refractivity contribution in [3.05, 3.63) is 27.4 Å². The molecule has 0 bridgehead atoms. The zero-order valence-electron chi connectivity index (χ0n) is 7.96. The highest BCUT2D eigenvalue weighted by Crippen LogP contribution is 2.03. The van der Waals surface area contributed by atoms with Crippen molar-refractivity contribution in [2.75, 3.05) is 6.67 Å². The van der Waals surface area contributed by atoms with Crippen molar-refractivity contribution in [3.63, 3.8) is 0 Å². The SMILES string of the molecule is CCc1nc(Cl)cc(=O)n1CCCF. The fraction of sp³-hybridized carbons (Fsp3) is 0.556. The van der Waals surface area contributed by atoms with Crippen LogP contribution in [0.1, 0.15) is 19.2 Å². The maximum absolute atomic E-state index is 12.0. The molecule has 0 N–H and O–H groups in total. The van der Waals surface area contributed by atoms with E-state index in [4.69, 9.17) is 11.6 Å². The predicted molar refractivity (Wildman–Crippen MR) is 53.5 cm³/mol. The van der Waals surface area contributed by atoms with Crippen LogP contribution in [0.2, 0.25) is 5.15 Å². The fourth-order valence-corrected chi connectivity index (χ4v) is 1.44. The number of nitrogens with zero attached hydrogens (tertiary/aromatic N) is 2. The van der Waals surface area contributed by atoms with Crippen molar-refractivity contribution in [2.45, 2.75) is 26.3 Å². The number of alkyl halides is 1. The quantitative estimate of drug-likeness (QED) is 0.723. The topological polar surface area (TPSA) is 34.9 Å². The van der Waals surface area contributed by atoms with Crippen molar-refractivity contribution in [1.29, 1.82) is 0 Å². The van der Waals surface area contributed by atoms with E-state index in [-0.39, 0.29) is 10.7 Å². The number of rotatable bonds is 4. The van der Waals surface area contributed by atoms with Crippen LogP contribution in [0.15, 0.2) is 10.9 Å². The Morgan fingerprint density at radius 2 is 2.36 bits per heavy atom. The highest BCUT2D eigenvalue weighted by Gasteiger charge is 2.05. The summed E-state index contributed by atoms with van der Waals surface area (Å²) in [5, 5.41) is 0.198. The van der Waals surface area contributed by atoms with Gasteiger partial charge in [-0.2, -0.15) is 0 Å². The molecule has 0 fully saturated rings. The summed E-state index contributed by atoms with van der Waals surface area (Å²) in [7, 11) is 0. The van der Waals surface area contributed by atoms with E-state index >= 15 is 0 Å². The van der Waals surface area contributed by atoms with Crippen LogP contribution < -0.4 is 5.56 Å². The molecule has 0 amide bonds. The Bertz CT molecular complexity index is 364. The average Bonchev–Trinajstić information content (AvgIpc) is 2.15. The van der Waals surface area contributed by atoms with Gasteiger partial charge in [0.2, 0.25) is 0 Å². The van der Waals surface area contributed by atoms with E-state index in [2.05, 4.69) is 4.98 Å². The molecule has 1 aromatic rings. The first-order valence-corrected chi connectivity index (χ1v) is 4.89. The van der Waals surface area contributed by atoms with E-state index in [0.717, 1.165) is 0 Å². The Morgan fingerprint density at radius 1 is 1.64 bits per heavy atom. The van der Waals surface area contributed by atoms with Gasteiger partial charge in [-0.05, 0) is 6.42 Å². The maximum atomic E-state index is 12.0. The summed E-state index contributed by atoms with van der Waals surface area (Å²) in [6.45, 7) is 1.81. The summed E-state index contributed by atoms with van der Waals surface area (Å²) in [4.78, 5) is 15.5. The molecule has 0 aliphatic carbocycles. The standard InChI is InChI=1S/C9H12ClFN2O/c1-2-8-12-7(10)6-9(14)13(8)5-3-4-11/h6H,2-5H2,1H3. The molecule has 1 heterocycles. The van der Waals surface area contributed by atoms with Gasteiger partial charge in [-0.15, -0.1) is 0 Å². The second-order valence-electron chi connectivity index (χ2n) is 2.88. The molecular formula is C9H12ClFN2O. The van der Waals surface area contributed by atoms with Crippen LogP contribution in [0.4, 0.5) is 4.39 Å². The van der Waals surface area contributed by atoms with Crippen molar-refractivity contribution in [3.8, 4) is 0 Å². The summed E-state index contributed by atoms with van der Waals surface area (Å²) >= 11 is 5.64. The number of hydrogen-bond donors (Lipinski definition) is 0. The van der Waals surface area contributed by atoms with Gasteiger partial charge in [-0.3, -0.25) is 13.8 Å². The summed E-state index contributed by atoms with van der Waals surface area (Å²) in [6.07, 6.45) is 0.943. The molecule has 0 saturated carbocycles. The zero-order chi connectivity index (χ0) is 10.6. The van der Waals surface area contributed by atoms with Gasteiger partial charge in [0.1, 0.15) is 11.0 Å². The lowest BCUT2D eigenvalue weighted by atomic mass is 10.4. The Balaban J connectivity index is 3.06. The second kappa shape index (κ2) is 5.10. The lowest BCUT2D eigenvalue weighted by molar-refractivity contribution is 0.437. The largest absolute Gasteiger partial charge is 0.297 e. The van der Waals surface area contributed by atoms with Gasteiger partial charge < -0.3 is 0 Å². The van der Waals surface area contributed by atoms with Gasteiger partial charge in [0, 0.05) is 19.0 Å². The summed E-state index contributed by atoms with van der Waals surface area (Å²) in [5.41, 5.74) is -0.213. The van der Waals surface area contributed by atoms with Crippen LogP contribution in [0.5, 0.6) is 0 Å². The van der Waals surface area contributed by atoms with Crippen molar-refractivity contribution in [1.82, 2.24) is 9.55 Å². The number of hydrogen-bond acceptors (Lipinski definition) is 2. The van der Waals surface area contributed by atoms with E-state index in [1.54, 1.807) is 0 Å². The molecule has 0 atom stereocenters. The van der Waals surface area contributed by atoms with Crippen LogP contribution >= 0.6 is 11.6 Å². The molecule has 0 unspecified atom stereocenters. The number of aromatic nitrogens is 2. The molecule has 14 heavy (non-hydrogen) atoms. The molecule has 5 heteroatoms. The highest BCUT2D eigenvalue weighted by atomic mass is 35.5. The summed E-state index contributed by atoms with van der Waals surface area (Å²) in [5.74, 6) is 0.607. The van der Waals surface area contributed by atoms with E-state index in [9.17, 15) is 9.18 Å². The molecule has 1 rings (SSSR count). The monoisotopic (exact) mass is 218 g/mol. The molecule has 0 aromatic carbocycles. The number of aryl methyl sites for hydroxylation is 1. The van der Waals surface area contributed by atoms with Crippen LogP contribution in [0.25, 0.3) is 0 Å². The lowest BCUT2D eigenvalue weighted by Crippen LogP contribution is -2.24. The Hall–Kier alpha value is -0.900. The van der Waals surface area contributed by atoms with Crippen LogP contribution in [-0.4, -0.2) is 16.2 Å². The molecule has 3 nitrogen and oxygen atoms in total. The fourth-order valence-electron chi connectivity index (χ4n) is 1.25. The molecule has 0 aliphatic heterocycles. The van der Waals surface area contributed by atoms with Crippen molar-refractivity contribution < 1.29 is 4.39 Å². The molecule has 1 aromatic heterocycles. The third-order valence-electron chi connectivity index (χ3n) is 1.89. The highest BCUT2D eigenvalue weighted by molar-refractivity contribution is 6.29. The van der Waals surface area contributed by atoms with Gasteiger partial charge in [-0.25, -0.2) is 4.98 Å². The van der Waals surface area contributed by atoms with Gasteiger partial charge in [0.05, 0.1) is 6.67 Å². The third-order valence-corrected chi connectivity index (χ3v) is 2.08. The Morgan fingerprint density at radius 3 is 2.93 bits per heavy atom. The van der Waals surface area contributed by atoms with E-state index in [0.29, 0.717) is 25.2 Å². The lowest BCUT2D eigenvalue weighted by Gasteiger charge is -2.09. The Kier molecular flexibility index (Phi) is 4.07. The van der Waals surface area contributed by atoms with Crippen LogP contribution in [0, 0.1) is 0 Å². The first-order chi connectivity index (χ1) is 6.69. The Labute approximate surface area is 86.5 Å². The van der Waals surface area contributed by atoms with E-state index in [1.165, 1.54) is 10.6 Å². The number of halogens is 2. The molecule has 0 saturated heterocycles. The maximum Gasteiger partial charge on any atom is 0.254 e. The van der Waals surface area contributed by atoms with E-state index < -0.39 is 6.67 Å². The predicted octanol–water partition coefficient (Wildman–Crippen LogP) is 1.82. The summed E-state index contributed by atoms with van der Waals surface area (Å²) < 4.78 is 13.4. The van der Waals surface area contributed by atoms with Crippen LogP contribution in [0.3, 0.4) is 0 Å². The zero-order valence-corrected chi connectivity index (χ0v) is 8.72. The third kappa shape index (κ3) is 2.54. The molecule has 78 valence electrons. The smallest absolute Gasteiger partial charge is 0.254 e. The van der Waals surface area contributed by atoms with Gasteiger partial charge in [-0.1, -0.05) is 18.5 Å². The van der Waals surface area contributed by atoms with Gasteiger partial charge in [0.25, 0.3) is 5.56 Å². The van der Waals surface area contributed by atoms with Crippen molar-refractivity contribution >= 4 is 11.6 Å². The first-order valence-electron chi connectivity index (χ1n) is 4.51. The first kappa shape index (κ1) is 11.2. The van der Waals surface area contributed by atoms with Gasteiger partial charge >= 0.3 is 0 Å². The second-order valence-corrected chi connectivity index (χ2v) is 3.27. The molecule has 0 radical (unpaired) electrons. The average molecular weight is 219 g/mol. The van der Waals surface area contributed by atoms with Crippen LogP contribution in [-0.2, 0) is 13.0 Å². The minimum atomic E-state index is -0.432. The minimum absolute atomic E-state index is 0.198. The van der Waals surface area contributed by atoms with Gasteiger partial charge in [0.15, 0.2) is 0 Å². The van der Waals surface area contributed by atoms with E-state index in [1.807, 2.05) is 6.92 Å². The molecule has 0 aliphatic rings. The minimum Gasteiger partial charge on any atom is -0.297 e. The molecule has 0 spiro atoms.